The van der Waals surface area contributed by atoms with Gasteiger partial charge in [-0.15, -0.1) is 0 Å². The minimum atomic E-state index is 0.0993. The Morgan fingerprint density at radius 3 is 2.53 bits per heavy atom. The third kappa shape index (κ3) is 4.96. The van der Waals surface area contributed by atoms with Crippen LogP contribution in [0.1, 0.15) is 51.9 Å². The molecule has 0 saturated heterocycles. The summed E-state index contributed by atoms with van der Waals surface area (Å²) in [7, 11) is 0. The summed E-state index contributed by atoms with van der Waals surface area (Å²) in [6.45, 7) is 4.35. The van der Waals surface area contributed by atoms with Crippen molar-refractivity contribution >= 4 is 0 Å². The molecule has 0 aromatic carbocycles. The smallest absolute Gasteiger partial charge is 0.0155 e. The molecule has 5 N–H and O–H groups in total. The standard InChI is InChI=1S/C12H27N3/c1-2-15-10-4-3-7-12(14)8-5-11(13)6-9-12/h11,15H,2-10,13-14H2,1H3. The van der Waals surface area contributed by atoms with Crippen molar-refractivity contribution in [3.63, 3.8) is 0 Å². The van der Waals surface area contributed by atoms with E-state index >= 15 is 0 Å². The topological polar surface area (TPSA) is 64.1 Å². The number of nitrogens with two attached hydrogens (primary N) is 2. The van der Waals surface area contributed by atoms with Crippen molar-refractivity contribution in [3.05, 3.63) is 0 Å². The number of rotatable bonds is 6. The van der Waals surface area contributed by atoms with Gasteiger partial charge in [0.15, 0.2) is 0 Å². The van der Waals surface area contributed by atoms with Crippen LogP contribution in [0.2, 0.25) is 0 Å². The third-order valence-corrected chi connectivity index (χ3v) is 3.55. The van der Waals surface area contributed by atoms with Gasteiger partial charge in [0, 0.05) is 11.6 Å². The Morgan fingerprint density at radius 1 is 1.27 bits per heavy atom. The maximum atomic E-state index is 6.36. The molecular weight excluding hydrogens is 186 g/mol. The average Bonchev–Trinajstić information content (AvgIpc) is 2.23. The van der Waals surface area contributed by atoms with E-state index in [1.807, 2.05) is 0 Å². The summed E-state index contributed by atoms with van der Waals surface area (Å²) in [4.78, 5) is 0. The first-order valence-electron chi connectivity index (χ1n) is 6.41. The normalized spacial score (nSPS) is 31.8. The summed E-state index contributed by atoms with van der Waals surface area (Å²) in [5.41, 5.74) is 12.3. The summed E-state index contributed by atoms with van der Waals surface area (Å²) in [6.07, 6.45) is 8.14. The Kier molecular flexibility index (Phi) is 5.58. The fourth-order valence-electron chi connectivity index (χ4n) is 2.37. The second-order valence-corrected chi connectivity index (χ2v) is 5.01. The van der Waals surface area contributed by atoms with E-state index < -0.39 is 0 Å². The van der Waals surface area contributed by atoms with Gasteiger partial charge in [-0.2, -0.15) is 0 Å². The average molecular weight is 213 g/mol. The molecule has 0 spiro atoms. The van der Waals surface area contributed by atoms with E-state index in [0.717, 1.165) is 38.8 Å². The molecule has 0 aromatic heterocycles. The maximum absolute atomic E-state index is 6.36. The summed E-state index contributed by atoms with van der Waals surface area (Å²) in [5, 5.41) is 3.34. The molecule has 3 heteroatoms. The first kappa shape index (κ1) is 12.9. The molecule has 15 heavy (non-hydrogen) atoms. The van der Waals surface area contributed by atoms with Gasteiger partial charge in [-0.25, -0.2) is 0 Å². The molecular formula is C12H27N3. The first-order valence-corrected chi connectivity index (χ1v) is 6.41. The highest BCUT2D eigenvalue weighted by atomic mass is 14.8. The van der Waals surface area contributed by atoms with E-state index in [9.17, 15) is 0 Å². The SMILES string of the molecule is CCNCCCCC1(N)CCC(N)CC1. The van der Waals surface area contributed by atoms with Gasteiger partial charge in [0.1, 0.15) is 0 Å². The summed E-state index contributed by atoms with van der Waals surface area (Å²) >= 11 is 0. The Bertz CT molecular complexity index is 162. The minimum absolute atomic E-state index is 0.0993. The van der Waals surface area contributed by atoms with Gasteiger partial charge in [0.2, 0.25) is 0 Å². The van der Waals surface area contributed by atoms with E-state index in [0.29, 0.717) is 6.04 Å². The number of hydrogen-bond donors (Lipinski definition) is 3. The lowest BCUT2D eigenvalue weighted by atomic mass is 9.77. The quantitative estimate of drug-likeness (QED) is 0.584. The summed E-state index contributed by atoms with van der Waals surface area (Å²) in [6, 6.07) is 0.406. The molecule has 0 aliphatic heterocycles. The molecule has 3 nitrogen and oxygen atoms in total. The molecule has 0 heterocycles. The largest absolute Gasteiger partial charge is 0.328 e. The van der Waals surface area contributed by atoms with Crippen LogP contribution in [0, 0.1) is 0 Å². The van der Waals surface area contributed by atoms with Crippen LogP contribution in [0.25, 0.3) is 0 Å². The molecule has 1 aliphatic carbocycles. The zero-order valence-electron chi connectivity index (χ0n) is 10.1. The lowest BCUT2D eigenvalue weighted by Gasteiger charge is -2.36. The predicted molar refractivity (Wildman–Crippen MR) is 65.8 cm³/mol. The van der Waals surface area contributed by atoms with Crippen molar-refractivity contribution in [1.29, 1.82) is 0 Å². The van der Waals surface area contributed by atoms with Crippen LogP contribution < -0.4 is 16.8 Å². The van der Waals surface area contributed by atoms with Crippen molar-refractivity contribution in [2.24, 2.45) is 11.5 Å². The summed E-state index contributed by atoms with van der Waals surface area (Å²) in [5.74, 6) is 0. The third-order valence-electron chi connectivity index (χ3n) is 3.55. The van der Waals surface area contributed by atoms with Crippen molar-refractivity contribution in [1.82, 2.24) is 5.32 Å². The van der Waals surface area contributed by atoms with Crippen LogP contribution in [0.15, 0.2) is 0 Å². The van der Waals surface area contributed by atoms with E-state index in [2.05, 4.69) is 12.2 Å². The van der Waals surface area contributed by atoms with Gasteiger partial charge in [0.05, 0.1) is 0 Å². The zero-order chi connectivity index (χ0) is 11.1. The molecule has 0 atom stereocenters. The van der Waals surface area contributed by atoms with Crippen molar-refractivity contribution in [3.8, 4) is 0 Å². The lowest BCUT2D eigenvalue weighted by molar-refractivity contribution is 0.251. The monoisotopic (exact) mass is 213 g/mol. The first-order chi connectivity index (χ1) is 7.16. The van der Waals surface area contributed by atoms with Gasteiger partial charge in [-0.1, -0.05) is 13.3 Å². The van der Waals surface area contributed by atoms with E-state index in [4.69, 9.17) is 11.5 Å². The minimum Gasteiger partial charge on any atom is -0.328 e. The Hall–Kier alpha value is -0.120. The molecule has 1 fully saturated rings. The molecule has 0 amide bonds. The van der Waals surface area contributed by atoms with Crippen LogP contribution in [0.4, 0.5) is 0 Å². The van der Waals surface area contributed by atoms with Crippen molar-refractivity contribution in [2.45, 2.75) is 63.5 Å². The van der Waals surface area contributed by atoms with Gasteiger partial charge in [-0.3, -0.25) is 0 Å². The molecule has 1 aliphatic rings. The molecule has 0 bridgehead atoms. The van der Waals surface area contributed by atoms with E-state index in [-0.39, 0.29) is 5.54 Å². The highest BCUT2D eigenvalue weighted by Gasteiger charge is 2.29. The summed E-state index contributed by atoms with van der Waals surface area (Å²) < 4.78 is 0. The number of unbranched alkanes of at least 4 members (excludes halogenated alkanes) is 1. The predicted octanol–water partition coefficient (Wildman–Crippen LogP) is 1.36. The Morgan fingerprint density at radius 2 is 1.93 bits per heavy atom. The number of hydrogen-bond acceptors (Lipinski definition) is 3. The van der Waals surface area contributed by atoms with E-state index in [1.165, 1.54) is 19.3 Å². The molecule has 0 unspecified atom stereocenters. The Balaban J connectivity index is 2.08. The fraction of sp³-hybridized carbons (Fsp3) is 1.00. The highest BCUT2D eigenvalue weighted by Crippen LogP contribution is 2.29. The molecule has 0 radical (unpaired) electrons. The van der Waals surface area contributed by atoms with Crippen LogP contribution >= 0.6 is 0 Å². The second kappa shape index (κ2) is 6.46. The van der Waals surface area contributed by atoms with Crippen molar-refractivity contribution in [2.75, 3.05) is 13.1 Å². The molecule has 1 rings (SSSR count). The highest BCUT2D eigenvalue weighted by molar-refractivity contribution is 4.90. The molecule has 0 aromatic rings. The van der Waals surface area contributed by atoms with E-state index in [1.54, 1.807) is 0 Å². The maximum Gasteiger partial charge on any atom is 0.0155 e. The molecule has 90 valence electrons. The number of nitrogens with one attached hydrogen (secondary N) is 1. The fourth-order valence-corrected chi connectivity index (χ4v) is 2.37. The molecule has 1 saturated carbocycles. The lowest BCUT2D eigenvalue weighted by Crippen LogP contribution is -2.46. The van der Waals surface area contributed by atoms with Crippen LogP contribution in [0.3, 0.4) is 0 Å². The van der Waals surface area contributed by atoms with Crippen LogP contribution in [-0.2, 0) is 0 Å². The Labute approximate surface area is 94.0 Å². The van der Waals surface area contributed by atoms with Crippen LogP contribution in [0.5, 0.6) is 0 Å². The van der Waals surface area contributed by atoms with Gasteiger partial charge < -0.3 is 16.8 Å². The van der Waals surface area contributed by atoms with Crippen molar-refractivity contribution < 1.29 is 0 Å². The van der Waals surface area contributed by atoms with Gasteiger partial charge in [0.25, 0.3) is 0 Å². The zero-order valence-corrected chi connectivity index (χ0v) is 10.1. The van der Waals surface area contributed by atoms with Gasteiger partial charge in [-0.05, 0) is 51.6 Å². The second-order valence-electron chi connectivity index (χ2n) is 5.01. The van der Waals surface area contributed by atoms with Gasteiger partial charge >= 0.3 is 0 Å². The van der Waals surface area contributed by atoms with Crippen LogP contribution in [-0.4, -0.2) is 24.7 Å².